The van der Waals surface area contributed by atoms with Crippen LogP contribution in [0.5, 0.6) is 0 Å². The predicted octanol–water partition coefficient (Wildman–Crippen LogP) is 1.51. The van der Waals surface area contributed by atoms with Gasteiger partial charge >= 0.3 is 0 Å². The summed E-state index contributed by atoms with van der Waals surface area (Å²) < 4.78 is 4.89. The molecule has 0 spiro atoms. The Bertz CT molecular complexity index is 383. The van der Waals surface area contributed by atoms with Crippen molar-refractivity contribution in [2.75, 3.05) is 38.3 Å². The van der Waals surface area contributed by atoms with E-state index in [1.807, 2.05) is 11.6 Å². The Hall–Kier alpha value is -1.14. The summed E-state index contributed by atoms with van der Waals surface area (Å²) in [5.41, 5.74) is 0. The standard InChI is InChI=1S/C13H21N3O2S/c1-18-7-4-12(17)15-9-11-3-2-6-16(10-11)13-14-5-8-19-13/h5,8,11H,2-4,6-7,9-10H2,1H3,(H,15,17). The number of amides is 1. The molecule has 1 unspecified atom stereocenters. The second-order valence-electron chi connectivity index (χ2n) is 4.82. The Kier molecular flexibility index (Phi) is 5.60. The van der Waals surface area contributed by atoms with Crippen molar-refractivity contribution >= 4 is 22.4 Å². The van der Waals surface area contributed by atoms with Crippen LogP contribution in [0.4, 0.5) is 5.13 Å². The van der Waals surface area contributed by atoms with Gasteiger partial charge in [-0.1, -0.05) is 0 Å². The van der Waals surface area contributed by atoms with Crippen LogP contribution in [0.3, 0.4) is 0 Å². The van der Waals surface area contributed by atoms with Gasteiger partial charge < -0.3 is 15.0 Å². The molecular weight excluding hydrogens is 262 g/mol. The van der Waals surface area contributed by atoms with Crippen molar-refractivity contribution in [2.24, 2.45) is 5.92 Å². The average Bonchev–Trinajstić information content (AvgIpc) is 2.97. The molecule has 0 bridgehead atoms. The van der Waals surface area contributed by atoms with Crippen LogP contribution in [-0.4, -0.2) is 44.2 Å². The van der Waals surface area contributed by atoms with E-state index >= 15 is 0 Å². The number of ether oxygens (including phenoxy) is 1. The van der Waals surface area contributed by atoms with Crippen molar-refractivity contribution in [3.05, 3.63) is 11.6 Å². The lowest BCUT2D eigenvalue weighted by molar-refractivity contribution is -0.122. The third-order valence-corrected chi connectivity index (χ3v) is 4.16. The third kappa shape index (κ3) is 4.47. The summed E-state index contributed by atoms with van der Waals surface area (Å²) in [4.78, 5) is 18.2. The molecule has 1 amide bonds. The normalized spacial score (nSPS) is 19.4. The quantitative estimate of drug-likeness (QED) is 0.860. The predicted molar refractivity (Wildman–Crippen MR) is 76.6 cm³/mol. The lowest BCUT2D eigenvalue weighted by Gasteiger charge is -2.32. The number of methoxy groups -OCH3 is 1. The molecule has 5 nitrogen and oxygen atoms in total. The minimum Gasteiger partial charge on any atom is -0.384 e. The number of hydrogen-bond acceptors (Lipinski definition) is 5. The van der Waals surface area contributed by atoms with Crippen molar-refractivity contribution in [2.45, 2.75) is 19.3 Å². The third-order valence-electron chi connectivity index (χ3n) is 3.33. The molecule has 1 atom stereocenters. The van der Waals surface area contributed by atoms with E-state index in [1.54, 1.807) is 18.4 Å². The number of carbonyl (C=O) groups is 1. The molecule has 0 aromatic carbocycles. The minimum absolute atomic E-state index is 0.0771. The van der Waals surface area contributed by atoms with E-state index in [4.69, 9.17) is 4.74 Å². The number of nitrogens with one attached hydrogen (secondary N) is 1. The molecule has 106 valence electrons. The van der Waals surface area contributed by atoms with Gasteiger partial charge in [0, 0.05) is 44.7 Å². The first-order chi connectivity index (χ1) is 9.29. The van der Waals surface area contributed by atoms with Gasteiger partial charge in [-0.3, -0.25) is 4.79 Å². The molecule has 1 aliphatic rings. The number of thiazole rings is 1. The first-order valence-corrected chi connectivity index (χ1v) is 7.57. The maximum Gasteiger partial charge on any atom is 0.222 e. The average molecular weight is 283 g/mol. The van der Waals surface area contributed by atoms with Gasteiger partial charge in [-0.25, -0.2) is 4.98 Å². The smallest absolute Gasteiger partial charge is 0.222 e. The second-order valence-corrected chi connectivity index (χ2v) is 5.69. The highest BCUT2D eigenvalue weighted by Gasteiger charge is 2.21. The fourth-order valence-electron chi connectivity index (χ4n) is 2.32. The van der Waals surface area contributed by atoms with E-state index in [-0.39, 0.29) is 5.91 Å². The molecule has 0 saturated carbocycles. The fraction of sp³-hybridized carbons (Fsp3) is 0.692. The number of piperidine rings is 1. The largest absolute Gasteiger partial charge is 0.384 e. The van der Waals surface area contributed by atoms with Crippen molar-refractivity contribution in [3.63, 3.8) is 0 Å². The maximum atomic E-state index is 11.5. The van der Waals surface area contributed by atoms with Gasteiger partial charge in [0.05, 0.1) is 6.61 Å². The number of anilines is 1. The van der Waals surface area contributed by atoms with E-state index in [1.165, 1.54) is 6.42 Å². The number of hydrogen-bond donors (Lipinski definition) is 1. The van der Waals surface area contributed by atoms with Gasteiger partial charge in [0.15, 0.2) is 5.13 Å². The fourth-order valence-corrected chi connectivity index (χ4v) is 3.00. The van der Waals surface area contributed by atoms with Crippen molar-refractivity contribution in [3.8, 4) is 0 Å². The highest BCUT2D eigenvalue weighted by atomic mass is 32.1. The molecule has 6 heteroatoms. The molecule has 2 rings (SSSR count). The number of aromatic nitrogens is 1. The number of carbonyl (C=O) groups excluding carboxylic acids is 1. The Morgan fingerprint density at radius 3 is 3.32 bits per heavy atom. The van der Waals surface area contributed by atoms with Crippen LogP contribution in [0.15, 0.2) is 11.6 Å². The first-order valence-electron chi connectivity index (χ1n) is 6.69. The highest BCUT2D eigenvalue weighted by molar-refractivity contribution is 7.13. The second kappa shape index (κ2) is 7.45. The lowest BCUT2D eigenvalue weighted by Crippen LogP contribution is -2.41. The summed E-state index contributed by atoms with van der Waals surface area (Å²) in [6, 6.07) is 0. The molecule has 1 aliphatic heterocycles. The molecule has 19 heavy (non-hydrogen) atoms. The summed E-state index contributed by atoms with van der Waals surface area (Å²) in [7, 11) is 1.61. The van der Waals surface area contributed by atoms with E-state index in [0.717, 1.165) is 31.2 Å². The molecule has 0 aliphatic carbocycles. The zero-order chi connectivity index (χ0) is 13.5. The topological polar surface area (TPSA) is 54.5 Å². The number of rotatable bonds is 6. The van der Waals surface area contributed by atoms with Crippen molar-refractivity contribution < 1.29 is 9.53 Å². The maximum absolute atomic E-state index is 11.5. The first kappa shape index (κ1) is 14.3. The van der Waals surface area contributed by atoms with Gasteiger partial charge in [-0.2, -0.15) is 0 Å². The van der Waals surface area contributed by atoms with E-state index in [9.17, 15) is 4.79 Å². The van der Waals surface area contributed by atoms with Gasteiger partial charge in [-0.05, 0) is 18.8 Å². The van der Waals surface area contributed by atoms with Crippen LogP contribution in [-0.2, 0) is 9.53 Å². The summed E-state index contributed by atoms with van der Waals surface area (Å²) in [6.07, 6.45) is 4.63. The minimum atomic E-state index is 0.0771. The molecule has 1 aromatic heterocycles. The molecular formula is C13H21N3O2S. The highest BCUT2D eigenvalue weighted by Crippen LogP contribution is 2.24. The Morgan fingerprint density at radius 1 is 1.68 bits per heavy atom. The van der Waals surface area contributed by atoms with E-state index < -0.39 is 0 Å². The zero-order valence-electron chi connectivity index (χ0n) is 11.3. The van der Waals surface area contributed by atoms with Crippen LogP contribution < -0.4 is 10.2 Å². The van der Waals surface area contributed by atoms with Crippen LogP contribution in [0.25, 0.3) is 0 Å². The lowest BCUT2D eigenvalue weighted by atomic mass is 9.98. The van der Waals surface area contributed by atoms with Crippen molar-refractivity contribution in [1.82, 2.24) is 10.3 Å². The summed E-state index contributed by atoms with van der Waals surface area (Å²) in [6.45, 7) is 3.30. The summed E-state index contributed by atoms with van der Waals surface area (Å²) in [5.74, 6) is 0.595. The summed E-state index contributed by atoms with van der Waals surface area (Å²) in [5, 5.41) is 6.09. The summed E-state index contributed by atoms with van der Waals surface area (Å²) >= 11 is 1.68. The Balaban J connectivity index is 1.74. The molecule has 0 radical (unpaired) electrons. The van der Waals surface area contributed by atoms with Crippen LogP contribution in [0.2, 0.25) is 0 Å². The number of nitrogens with zero attached hydrogens (tertiary/aromatic N) is 2. The van der Waals surface area contributed by atoms with Crippen LogP contribution in [0, 0.1) is 5.92 Å². The van der Waals surface area contributed by atoms with Gasteiger partial charge in [0.1, 0.15) is 0 Å². The Morgan fingerprint density at radius 2 is 2.58 bits per heavy atom. The van der Waals surface area contributed by atoms with Crippen molar-refractivity contribution in [1.29, 1.82) is 0 Å². The van der Waals surface area contributed by atoms with E-state index in [2.05, 4.69) is 15.2 Å². The SMILES string of the molecule is COCCC(=O)NCC1CCCN(c2nccs2)C1. The van der Waals surface area contributed by atoms with Gasteiger partial charge in [0.25, 0.3) is 0 Å². The zero-order valence-corrected chi connectivity index (χ0v) is 12.1. The van der Waals surface area contributed by atoms with Gasteiger partial charge in [-0.15, -0.1) is 11.3 Å². The van der Waals surface area contributed by atoms with Crippen LogP contribution >= 0.6 is 11.3 Å². The van der Waals surface area contributed by atoms with Gasteiger partial charge in [0.2, 0.25) is 5.91 Å². The molecule has 1 fully saturated rings. The molecule has 1 N–H and O–H groups in total. The Labute approximate surface area is 118 Å². The molecule has 1 saturated heterocycles. The molecule has 2 heterocycles. The molecule has 1 aromatic rings. The monoisotopic (exact) mass is 283 g/mol. The van der Waals surface area contributed by atoms with E-state index in [0.29, 0.717) is 18.9 Å². The van der Waals surface area contributed by atoms with Crippen LogP contribution in [0.1, 0.15) is 19.3 Å².